The Morgan fingerprint density at radius 1 is 1.44 bits per heavy atom. The molecule has 6 nitrogen and oxygen atoms in total. The average molecular weight is 251 g/mol. The Labute approximate surface area is 106 Å². The molecule has 0 radical (unpaired) electrons. The minimum atomic E-state index is -0.256. The summed E-state index contributed by atoms with van der Waals surface area (Å²) in [6.07, 6.45) is 1.74. The molecule has 0 spiro atoms. The van der Waals surface area contributed by atoms with Gasteiger partial charge >= 0.3 is 5.97 Å². The Morgan fingerprint density at radius 2 is 2.22 bits per heavy atom. The molecule has 0 bridgehead atoms. The van der Waals surface area contributed by atoms with E-state index in [-0.39, 0.29) is 12.0 Å². The minimum absolute atomic E-state index is 0.220. The van der Waals surface area contributed by atoms with E-state index < -0.39 is 0 Å². The molecule has 18 heavy (non-hydrogen) atoms. The molecule has 1 atom stereocenters. The lowest BCUT2D eigenvalue weighted by molar-refractivity contribution is -0.141. The van der Waals surface area contributed by atoms with Crippen molar-refractivity contribution >= 4 is 11.8 Å². The van der Waals surface area contributed by atoms with Crippen LogP contribution in [0.4, 0.5) is 5.82 Å². The van der Waals surface area contributed by atoms with E-state index in [9.17, 15) is 4.79 Å². The van der Waals surface area contributed by atoms with E-state index in [0.717, 1.165) is 19.4 Å². The summed E-state index contributed by atoms with van der Waals surface area (Å²) in [7, 11) is 2.97. The van der Waals surface area contributed by atoms with Gasteiger partial charge in [-0.25, -0.2) is 9.78 Å². The third-order valence-electron chi connectivity index (χ3n) is 3.03. The summed E-state index contributed by atoms with van der Waals surface area (Å²) in [6, 6.07) is 1.49. The van der Waals surface area contributed by atoms with E-state index in [1.807, 2.05) is 4.90 Å². The Bertz CT molecular complexity index is 450. The molecule has 2 heterocycles. The van der Waals surface area contributed by atoms with Crippen LogP contribution in [-0.4, -0.2) is 42.7 Å². The normalized spacial score (nSPS) is 18.8. The van der Waals surface area contributed by atoms with Crippen LogP contribution in [-0.2, 0) is 9.53 Å². The van der Waals surface area contributed by atoms with Crippen LogP contribution in [0.5, 0.6) is 5.88 Å². The fourth-order valence-corrected chi connectivity index (χ4v) is 2.20. The Kier molecular flexibility index (Phi) is 3.64. The summed E-state index contributed by atoms with van der Waals surface area (Å²) in [5.41, 5.74) is 0. The zero-order valence-electron chi connectivity index (χ0n) is 10.8. The van der Waals surface area contributed by atoms with Crippen LogP contribution in [0.15, 0.2) is 6.07 Å². The highest BCUT2D eigenvalue weighted by Gasteiger charge is 2.32. The number of methoxy groups -OCH3 is 2. The van der Waals surface area contributed by atoms with Gasteiger partial charge in [-0.05, 0) is 19.8 Å². The monoisotopic (exact) mass is 251 g/mol. The van der Waals surface area contributed by atoms with Gasteiger partial charge in [0.15, 0.2) is 0 Å². The fraction of sp³-hybridized carbons (Fsp3) is 0.583. The van der Waals surface area contributed by atoms with Gasteiger partial charge in [0.05, 0.1) is 14.2 Å². The molecule has 1 fully saturated rings. The van der Waals surface area contributed by atoms with Crippen molar-refractivity contribution in [2.75, 3.05) is 25.7 Å². The first-order valence-electron chi connectivity index (χ1n) is 5.90. The van der Waals surface area contributed by atoms with Gasteiger partial charge in [-0.2, -0.15) is 4.98 Å². The number of esters is 1. The number of carbonyl (C=O) groups excluding carboxylic acids is 1. The Balaban J connectivity index is 2.29. The van der Waals surface area contributed by atoms with Gasteiger partial charge in [0.25, 0.3) is 0 Å². The molecule has 0 saturated carbocycles. The quantitative estimate of drug-likeness (QED) is 0.745. The van der Waals surface area contributed by atoms with Crippen molar-refractivity contribution in [3.05, 3.63) is 11.9 Å². The minimum Gasteiger partial charge on any atom is -0.481 e. The molecule has 0 N–H and O–H groups in total. The van der Waals surface area contributed by atoms with Gasteiger partial charge in [0.2, 0.25) is 5.88 Å². The molecule has 0 aliphatic carbocycles. The van der Waals surface area contributed by atoms with Gasteiger partial charge < -0.3 is 14.4 Å². The number of carbonyl (C=O) groups is 1. The molecule has 1 aromatic heterocycles. The summed E-state index contributed by atoms with van der Waals surface area (Å²) >= 11 is 0. The van der Waals surface area contributed by atoms with E-state index >= 15 is 0 Å². The van der Waals surface area contributed by atoms with Crippen LogP contribution in [0, 0.1) is 6.92 Å². The summed E-state index contributed by atoms with van der Waals surface area (Å²) in [4.78, 5) is 22.1. The van der Waals surface area contributed by atoms with E-state index in [4.69, 9.17) is 9.47 Å². The molecule has 1 aliphatic heterocycles. The van der Waals surface area contributed by atoms with Crippen molar-refractivity contribution in [2.45, 2.75) is 25.8 Å². The third kappa shape index (κ3) is 2.37. The molecular weight excluding hydrogens is 234 g/mol. The van der Waals surface area contributed by atoms with E-state index in [0.29, 0.717) is 17.5 Å². The largest absolute Gasteiger partial charge is 0.481 e. The summed E-state index contributed by atoms with van der Waals surface area (Å²) in [6.45, 7) is 2.59. The lowest BCUT2D eigenvalue weighted by Crippen LogP contribution is -2.37. The molecule has 0 amide bonds. The number of hydrogen-bond donors (Lipinski definition) is 0. The number of rotatable bonds is 3. The van der Waals surface area contributed by atoms with E-state index in [1.165, 1.54) is 7.11 Å². The lowest BCUT2D eigenvalue weighted by Gasteiger charge is -2.23. The second-order valence-corrected chi connectivity index (χ2v) is 4.19. The zero-order chi connectivity index (χ0) is 13.1. The van der Waals surface area contributed by atoms with Gasteiger partial charge in [-0.1, -0.05) is 0 Å². The van der Waals surface area contributed by atoms with Crippen molar-refractivity contribution in [1.82, 2.24) is 9.97 Å². The van der Waals surface area contributed by atoms with Crippen molar-refractivity contribution in [2.24, 2.45) is 0 Å². The first-order valence-corrected chi connectivity index (χ1v) is 5.90. The van der Waals surface area contributed by atoms with Gasteiger partial charge in [0, 0.05) is 12.6 Å². The zero-order valence-corrected chi connectivity index (χ0v) is 10.8. The highest BCUT2D eigenvalue weighted by Crippen LogP contribution is 2.26. The van der Waals surface area contributed by atoms with Crippen molar-refractivity contribution < 1.29 is 14.3 Å². The molecule has 0 aromatic carbocycles. The molecule has 1 unspecified atom stereocenters. The number of aryl methyl sites for hydroxylation is 1. The first kappa shape index (κ1) is 12.6. The fourth-order valence-electron chi connectivity index (χ4n) is 2.20. The predicted molar refractivity (Wildman–Crippen MR) is 65.7 cm³/mol. The topological polar surface area (TPSA) is 64.5 Å². The maximum Gasteiger partial charge on any atom is 0.328 e. The Hall–Kier alpha value is -1.85. The summed E-state index contributed by atoms with van der Waals surface area (Å²) < 4.78 is 9.94. The maximum atomic E-state index is 11.7. The third-order valence-corrected chi connectivity index (χ3v) is 3.03. The van der Waals surface area contributed by atoms with Crippen molar-refractivity contribution in [3.8, 4) is 5.88 Å². The van der Waals surface area contributed by atoms with Crippen LogP contribution >= 0.6 is 0 Å². The number of anilines is 1. The van der Waals surface area contributed by atoms with Gasteiger partial charge in [-0.3, -0.25) is 0 Å². The highest BCUT2D eigenvalue weighted by molar-refractivity contribution is 5.80. The second kappa shape index (κ2) is 5.20. The summed E-state index contributed by atoms with van der Waals surface area (Å²) in [5, 5.41) is 0. The molecule has 1 aromatic rings. The van der Waals surface area contributed by atoms with Crippen LogP contribution in [0.25, 0.3) is 0 Å². The first-order chi connectivity index (χ1) is 8.65. The SMILES string of the molecule is COC(=O)C1CCCN1c1cc(OC)nc(C)n1. The highest BCUT2D eigenvalue weighted by atomic mass is 16.5. The van der Waals surface area contributed by atoms with Crippen molar-refractivity contribution in [1.29, 1.82) is 0 Å². The molecule has 2 rings (SSSR count). The number of hydrogen-bond acceptors (Lipinski definition) is 6. The van der Waals surface area contributed by atoms with Crippen LogP contribution in [0.3, 0.4) is 0 Å². The lowest BCUT2D eigenvalue weighted by atomic mass is 10.2. The Morgan fingerprint density at radius 3 is 2.89 bits per heavy atom. The molecule has 98 valence electrons. The average Bonchev–Trinajstić information content (AvgIpc) is 2.86. The number of nitrogens with zero attached hydrogens (tertiary/aromatic N) is 3. The molecule has 6 heteroatoms. The van der Waals surface area contributed by atoms with Gasteiger partial charge in [-0.15, -0.1) is 0 Å². The summed E-state index contributed by atoms with van der Waals surface area (Å²) in [5.74, 6) is 1.63. The van der Waals surface area contributed by atoms with Crippen LogP contribution in [0.2, 0.25) is 0 Å². The second-order valence-electron chi connectivity index (χ2n) is 4.19. The van der Waals surface area contributed by atoms with Gasteiger partial charge in [0.1, 0.15) is 17.7 Å². The predicted octanol–water partition coefficient (Wildman–Crippen LogP) is 0.935. The van der Waals surface area contributed by atoms with Crippen LogP contribution in [0.1, 0.15) is 18.7 Å². The number of aromatic nitrogens is 2. The number of ether oxygens (including phenoxy) is 2. The van der Waals surface area contributed by atoms with E-state index in [2.05, 4.69) is 9.97 Å². The smallest absolute Gasteiger partial charge is 0.328 e. The molecule has 1 aliphatic rings. The van der Waals surface area contributed by atoms with Crippen molar-refractivity contribution in [3.63, 3.8) is 0 Å². The standard InChI is InChI=1S/C12H17N3O3/c1-8-13-10(7-11(14-8)17-2)15-6-4-5-9(15)12(16)18-3/h7,9H,4-6H2,1-3H3. The maximum absolute atomic E-state index is 11.7. The molecular formula is C12H17N3O3. The molecule has 1 saturated heterocycles. The van der Waals surface area contributed by atoms with Crippen LogP contribution < -0.4 is 9.64 Å². The van der Waals surface area contributed by atoms with E-state index in [1.54, 1.807) is 20.1 Å².